The van der Waals surface area contributed by atoms with Crippen molar-refractivity contribution < 1.29 is 22.7 Å². The van der Waals surface area contributed by atoms with Crippen LogP contribution in [0.25, 0.3) is 0 Å². The molecular weight excluding hydrogens is 376 g/mol. The SMILES string of the molecule is CCOC(=O)C1CCN(S(=O)(=O)c2ccc(SC)c(NC(C)=O)c2)CC1. The van der Waals surface area contributed by atoms with Crippen LogP contribution in [0.1, 0.15) is 26.7 Å². The van der Waals surface area contributed by atoms with Crippen molar-refractivity contribution in [2.45, 2.75) is 36.5 Å². The smallest absolute Gasteiger partial charge is 0.309 e. The Balaban J connectivity index is 2.18. The summed E-state index contributed by atoms with van der Waals surface area (Å²) in [5, 5.41) is 2.67. The molecule has 1 aromatic rings. The zero-order chi connectivity index (χ0) is 19.3. The Morgan fingerprint density at radius 2 is 1.96 bits per heavy atom. The van der Waals surface area contributed by atoms with Crippen LogP contribution in [0.3, 0.4) is 0 Å². The van der Waals surface area contributed by atoms with Crippen molar-refractivity contribution in [1.29, 1.82) is 0 Å². The van der Waals surface area contributed by atoms with Crippen LogP contribution < -0.4 is 5.32 Å². The highest BCUT2D eigenvalue weighted by atomic mass is 32.2. The van der Waals surface area contributed by atoms with Crippen molar-refractivity contribution in [3.05, 3.63) is 18.2 Å². The van der Waals surface area contributed by atoms with Gasteiger partial charge in [-0.2, -0.15) is 4.31 Å². The van der Waals surface area contributed by atoms with Crippen molar-refractivity contribution in [2.24, 2.45) is 5.92 Å². The van der Waals surface area contributed by atoms with Crippen molar-refractivity contribution in [2.75, 3.05) is 31.3 Å². The third kappa shape index (κ3) is 4.77. The van der Waals surface area contributed by atoms with E-state index in [1.54, 1.807) is 19.1 Å². The average molecular weight is 401 g/mol. The second-order valence-electron chi connectivity index (χ2n) is 5.97. The number of anilines is 1. The van der Waals surface area contributed by atoms with E-state index in [9.17, 15) is 18.0 Å². The second kappa shape index (κ2) is 8.88. The molecule has 0 unspecified atom stereocenters. The van der Waals surface area contributed by atoms with Crippen LogP contribution in [0.15, 0.2) is 28.0 Å². The number of hydrogen-bond acceptors (Lipinski definition) is 6. The van der Waals surface area contributed by atoms with E-state index in [0.29, 0.717) is 25.1 Å². The van der Waals surface area contributed by atoms with Crippen LogP contribution in [-0.2, 0) is 24.3 Å². The van der Waals surface area contributed by atoms with Crippen LogP contribution >= 0.6 is 11.8 Å². The summed E-state index contributed by atoms with van der Waals surface area (Å²) in [6.07, 6.45) is 2.74. The van der Waals surface area contributed by atoms with E-state index in [0.717, 1.165) is 4.90 Å². The van der Waals surface area contributed by atoms with Crippen molar-refractivity contribution in [1.82, 2.24) is 4.31 Å². The number of nitrogens with zero attached hydrogens (tertiary/aromatic N) is 1. The number of ether oxygens (including phenoxy) is 1. The number of benzene rings is 1. The van der Waals surface area contributed by atoms with Gasteiger partial charge in [0.1, 0.15) is 0 Å². The van der Waals surface area contributed by atoms with Gasteiger partial charge in [-0.3, -0.25) is 9.59 Å². The van der Waals surface area contributed by atoms with E-state index in [4.69, 9.17) is 4.74 Å². The molecule has 1 fully saturated rings. The number of carbonyl (C=O) groups excluding carboxylic acids is 2. The largest absolute Gasteiger partial charge is 0.466 e. The molecule has 2 rings (SSSR count). The molecule has 0 spiro atoms. The lowest BCUT2D eigenvalue weighted by atomic mass is 9.98. The van der Waals surface area contributed by atoms with Gasteiger partial charge in [-0.25, -0.2) is 8.42 Å². The molecule has 0 radical (unpaired) electrons. The summed E-state index contributed by atoms with van der Waals surface area (Å²) < 4.78 is 32.2. The number of amides is 1. The van der Waals surface area contributed by atoms with Crippen molar-refractivity contribution in [3.63, 3.8) is 0 Å². The third-order valence-corrected chi connectivity index (χ3v) is 6.88. The summed E-state index contributed by atoms with van der Waals surface area (Å²) in [6, 6.07) is 4.72. The van der Waals surface area contributed by atoms with Crippen LogP contribution in [0.4, 0.5) is 5.69 Å². The number of esters is 1. The Morgan fingerprint density at radius 1 is 1.31 bits per heavy atom. The van der Waals surface area contributed by atoms with E-state index in [-0.39, 0.29) is 35.8 Å². The molecule has 1 heterocycles. The van der Waals surface area contributed by atoms with Gasteiger partial charge in [0.25, 0.3) is 0 Å². The van der Waals surface area contributed by atoms with Gasteiger partial charge >= 0.3 is 5.97 Å². The molecule has 1 amide bonds. The lowest BCUT2D eigenvalue weighted by Crippen LogP contribution is -2.40. The van der Waals surface area contributed by atoms with E-state index in [1.165, 1.54) is 29.1 Å². The maximum atomic E-state index is 12.9. The summed E-state index contributed by atoms with van der Waals surface area (Å²) in [5.41, 5.74) is 0.479. The highest BCUT2D eigenvalue weighted by Crippen LogP contribution is 2.31. The lowest BCUT2D eigenvalue weighted by Gasteiger charge is -2.30. The van der Waals surface area contributed by atoms with Gasteiger partial charge in [0, 0.05) is 24.9 Å². The van der Waals surface area contributed by atoms with Gasteiger partial charge in [0.05, 0.1) is 23.1 Å². The van der Waals surface area contributed by atoms with Gasteiger partial charge in [-0.05, 0) is 44.2 Å². The topological polar surface area (TPSA) is 92.8 Å². The molecule has 1 saturated heterocycles. The van der Waals surface area contributed by atoms with E-state index in [1.807, 2.05) is 6.26 Å². The fraction of sp³-hybridized carbons (Fsp3) is 0.529. The van der Waals surface area contributed by atoms with E-state index < -0.39 is 10.0 Å². The highest BCUT2D eigenvalue weighted by molar-refractivity contribution is 7.98. The molecule has 0 saturated carbocycles. The first-order valence-electron chi connectivity index (χ1n) is 8.42. The maximum absolute atomic E-state index is 12.9. The summed E-state index contributed by atoms with van der Waals surface area (Å²) in [6.45, 7) is 4.00. The Bertz CT molecular complexity index is 771. The maximum Gasteiger partial charge on any atom is 0.309 e. The molecular formula is C17H24N2O5S2. The van der Waals surface area contributed by atoms with Crippen LogP contribution in [0, 0.1) is 5.92 Å². The number of thioether (sulfide) groups is 1. The van der Waals surface area contributed by atoms with E-state index >= 15 is 0 Å². The molecule has 0 aromatic heterocycles. The zero-order valence-corrected chi connectivity index (χ0v) is 16.8. The van der Waals surface area contributed by atoms with E-state index in [2.05, 4.69) is 5.32 Å². The van der Waals surface area contributed by atoms with Crippen LogP contribution in [-0.4, -0.2) is 50.6 Å². The van der Waals surface area contributed by atoms with Crippen molar-refractivity contribution >= 4 is 39.3 Å². The minimum Gasteiger partial charge on any atom is -0.466 e. The fourth-order valence-corrected chi connectivity index (χ4v) is 4.91. The number of carbonyl (C=O) groups is 2. The Morgan fingerprint density at radius 3 is 2.50 bits per heavy atom. The Hall–Kier alpha value is -1.58. The lowest BCUT2D eigenvalue weighted by molar-refractivity contribution is -0.149. The fourth-order valence-electron chi connectivity index (χ4n) is 2.88. The quantitative estimate of drug-likeness (QED) is 0.582. The molecule has 9 heteroatoms. The first-order chi connectivity index (χ1) is 12.3. The number of nitrogens with one attached hydrogen (secondary N) is 1. The standard InChI is InChI=1S/C17H24N2O5S2/c1-4-24-17(21)13-7-9-19(10-8-13)26(22,23)14-5-6-16(25-3)15(11-14)18-12(2)20/h5-6,11,13H,4,7-10H2,1-3H3,(H,18,20). The minimum absolute atomic E-state index is 0.133. The normalized spacial score (nSPS) is 16.3. The molecule has 1 aliphatic rings. The number of piperidine rings is 1. The number of rotatable bonds is 6. The predicted molar refractivity (Wildman–Crippen MR) is 101 cm³/mol. The molecule has 7 nitrogen and oxygen atoms in total. The molecule has 1 aliphatic heterocycles. The summed E-state index contributed by atoms with van der Waals surface area (Å²) in [7, 11) is -3.69. The van der Waals surface area contributed by atoms with Crippen molar-refractivity contribution in [3.8, 4) is 0 Å². The number of hydrogen-bond donors (Lipinski definition) is 1. The summed E-state index contributed by atoms with van der Waals surface area (Å²) in [4.78, 5) is 24.1. The first kappa shape index (κ1) is 20.7. The van der Waals surface area contributed by atoms with Crippen LogP contribution in [0.5, 0.6) is 0 Å². The molecule has 1 aromatic carbocycles. The molecule has 0 bridgehead atoms. The van der Waals surface area contributed by atoms with Gasteiger partial charge in [0.2, 0.25) is 15.9 Å². The van der Waals surface area contributed by atoms with Crippen LogP contribution in [0.2, 0.25) is 0 Å². The summed E-state index contributed by atoms with van der Waals surface area (Å²) >= 11 is 1.43. The minimum atomic E-state index is -3.69. The van der Waals surface area contributed by atoms with Gasteiger partial charge in [0.15, 0.2) is 0 Å². The third-order valence-electron chi connectivity index (χ3n) is 4.19. The predicted octanol–water partition coefficient (Wildman–Crippen LogP) is 2.33. The molecule has 26 heavy (non-hydrogen) atoms. The monoisotopic (exact) mass is 400 g/mol. The van der Waals surface area contributed by atoms with Gasteiger partial charge in [-0.1, -0.05) is 0 Å². The second-order valence-corrected chi connectivity index (χ2v) is 8.76. The summed E-state index contributed by atoms with van der Waals surface area (Å²) in [5.74, 6) is -0.776. The molecule has 144 valence electrons. The zero-order valence-electron chi connectivity index (χ0n) is 15.1. The Labute approximate surface area is 158 Å². The van der Waals surface area contributed by atoms with Gasteiger partial charge in [-0.15, -0.1) is 11.8 Å². The number of sulfonamides is 1. The first-order valence-corrected chi connectivity index (χ1v) is 11.1. The molecule has 0 aliphatic carbocycles. The van der Waals surface area contributed by atoms with Gasteiger partial charge < -0.3 is 10.1 Å². The molecule has 0 atom stereocenters. The highest BCUT2D eigenvalue weighted by Gasteiger charge is 2.33. The Kier molecular flexibility index (Phi) is 7.08. The molecule has 1 N–H and O–H groups in total. The average Bonchev–Trinajstić information content (AvgIpc) is 2.61.